The van der Waals surface area contributed by atoms with Gasteiger partial charge in [0.1, 0.15) is 0 Å². The molecule has 1 aromatic carbocycles. The summed E-state index contributed by atoms with van der Waals surface area (Å²) < 4.78 is 8.56. The number of benzene rings is 1. The summed E-state index contributed by atoms with van der Waals surface area (Å²) in [6, 6.07) is 12.1. The number of ether oxygens (including phenoxy) is 1. The summed E-state index contributed by atoms with van der Waals surface area (Å²) in [6.07, 6.45) is 3.52. The molecule has 0 N–H and O–H groups in total. The van der Waals surface area contributed by atoms with Crippen molar-refractivity contribution in [2.75, 3.05) is 13.7 Å². The summed E-state index contributed by atoms with van der Waals surface area (Å²) in [5, 5.41) is 11.6. The molecule has 4 rings (SSSR count). The van der Waals surface area contributed by atoms with Gasteiger partial charge in [-0.05, 0) is 18.2 Å². The highest BCUT2D eigenvalue weighted by molar-refractivity contribution is 7.98. The molecule has 0 aliphatic rings. The van der Waals surface area contributed by atoms with Crippen molar-refractivity contribution in [3.8, 4) is 11.4 Å². The molecule has 5 nitrogen and oxygen atoms in total. The predicted molar refractivity (Wildman–Crippen MR) is 112 cm³/mol. The number of nitrogens with zero attached hydrogens (tertiary/aromatic N) is 4. The van der Waals surface area contributed by atoms with Crippen molar-refractivity contribution < 1.29 is 4.74 Å². The average Bonchev–Trinajstić information content (AvgIpc) is 3.26. The minimum atomic E-state index is 0.591. The summed E-state index contributed by atoms with van der Waals surface area (Å²) in [4.78, 5) is 5.22. The summed E-state index contributed by atoms with van der Waals surface area (Å²) in [7, 11) is 1.69. The van der Waals surface area contributed by atoms with Crippen LogP contribution in [0.1, 0.15) is 4.88 Å². The van der Waals surface area contributed by atoms with Crippen molar-refractivity contribution in [1.82, 2.24) is 19.7 Å². The van der Waals surface area contributed by atoms with E-state index in [9.17, 15) is 0 Å². The number of hydrogen-bond donors (Lipinski definition) is 0. The van der Waals surface area contributed by atoms with E-state index in [4.69, 9.17) is 16.3 Å². The van der Waals surface area contributed by atoms with Gasteiger partial charge in [0.05, 0.1) is 18.2 Å². The maximum Gasteiger partial charge on any atom is 0.191 e. The molecular formula is C19H17ClN4OS2. The monoisotopic (exact) mass is 416 g/mol. The van der Waals surface area contributed by atoms with E-state index in [-0.39, 0.29) is 0 Å². The summed E-state index contributed by atoms with van der Waals surface area (Å²) >= 11 is 9.94. The molecule has 0 amide bonds. The van der Waals surface area contributed by atoms with Gasteiger partial charge in [-0.1, -0.05) is 41.6 Å². The first-order chi connectivity index (χ1) is 13.3. The highest BCUT2D eigenvalue weighted by Crippen LogP contribution is 2.38. The van der Waals surface area contributed by atoms with Crippen LogP contribution in [-0.4, -0.2) is 33.5 Å². The Morgan fingerprint density at radius 1 is 1.15 bits per heavy atom. The zero-order valence-electron chi connectivity index (χ0n) is 14.6. The van der Waals surface area contributed by atoms with Crippen LogP contribution in [0, 0.1) is 0 Å². The normalized spacial score (nSPS) is 11.3. The van der Waals surface area contributed by atoms with Crippen molar-refractivity contribution >= 4 is 44.8 Å². The number of thioether (sulfide) groups is 1. The fourth-order valence-corrected chi connectivity index (χ4v) is 5.41. The predicted octanol–water partition coefficient (Wildman–Crippen LogP) is 5.15. The topological polar surface area (TPSA) is 52.8 Å². The van der Waals surface area contributed by atoms with Gasteiger partial charge in [0.25, 0.3) is 0 Å². The molecule has 3 heterocycles. The van der Waals surface area contributed by atoms with Gasteiger partial charge in [-0.3, -0.25) is 9.55 Å². The first kappa shape index (κ1) is 18.4. The number of aromatic nitrogens is 4. The Labute approximate surface area is 170 Å². The van der Waals surface area contributed by atoms with Gasteiger partial charge in [-0.2, -0.15) is 0 Å². The van der Waals surface area contributed by atoms with E-state index in [1.165, 1.54) is 4.70 Å². The molecule has 138 valence electrons. The summed E-state index contributed by atoms with van der Waals surface area (Å²) in [6.45, 7) is 1.27. The Hall–Kier alpha value is -1.93. The molecule has 27 heavy (non-hydrogen) atoms. The van der Waals surface area contributed by atoms with E-state index in [1.807, 2.05) is 24.3 Å². The van der Waals surface area contributed by atoms with Crippen molar-refractivity contribution in [3.05, 3.63) is 58.7 Å². The van der Waals surface area contributed by atoms with Crippen LogP contribution in [0.15, 0.2) is 53.9 Å². The van der Waals surface area contributed by atoms with Crippen molar-refractivity contribution in [2.45, 2.75) is 17.5 Å². The third kappa shape index (κ3) is 3.87. The SMILES string of the molecule is COCCn1c(SCc2sc3ccccc3c2Cl)nnc1-c1ccncc1. The molecule has 0 bridgehead atoms. The molecule has 0 aliphatic carbocycles. The minimum Gasteiger partial charge on any atom is -0.383 e. The van der Waals surface area contributed by atoms with Gasteiger partial charge in [0.2, 0.25) is 0 Å². The lowest BCUT2D eigenvalue weighted by Gasteiger charge is -2.09. The van der Waals surface area contributed by atoms with Gasteiger partial charge in [0.15, 0.2) is 11.0 Å². The van der Waals surface area contributed by atoms with E-state index in [2.05, 4.69) is 31.9 Å². The largest absolute Gasteiger partial charge is 0.383 e. The molecule has 0 saturated carbocycles. The third-order valence-corrected chi connectivity index (χ3v) is 7.00. The van der Waals surface area contributed by atoms with Gasteiger partial charge in [-0.25, -0.2) is 0 Å². The first-order valence-electron chi connectivity index (χ1n) is 8.39. The third-order valence-electron chi connectivity index (χ3n) is 4.11. The van der Waals surface area contributed by atoms with Gasteiger partial charge in [0, 0.05) is 45.8 Å². The molecule has 0 saturated heterocycles. The molecular weight excluding hydrogens is 400 g/mol. The van der Waals surface area contributed by atoms with Crippen LogP contribution < -0.4 is 0 Å². The van der Waals surface area contributed by atoms with E-state index >= 15 is 0 Å². The van der Waals surface area contributed by atoms with Gasteiger partial charge < -0.3 is 4.74 Å². The lowest BCUT2D eigenvalue weighted by Crippen LogP contribution is -2.07. The zero-order valence-corrected chi connectivity index (χ0v) is 17.0. The average molecular weight is 417 g/mol. The van der Waals surface area contributed by atoms with Gasteiger partial charge >= 0.3 is 0 Å². The summed E-state index contributed by atoms with van der Waals surface area (Å²) in [5.41, 5.74) is 0.986. The fourth-order valence-electron chi connectivity index (χ4n) is 2.78. The van der Waals surface area contributed by atoms with E-state index in [1.54, 1.807) is 42.6 Å². The maximum atomic E-state index is 6.58. The Kier molecular flexibility index (Phi) is 5.73. The Bertz CT molecular complexity index is 1050. The second-order valence-corrected chi connectivity index (χ2v) is 8.27. The first-order valence-corrected chi connectivity index (χ1v) is 10.6. The lowest BCUT2D eigenvalue weighted by atomic mass is 10.2. The molecule has 8 heteroatoms. The van der Waals surface area contributed by atoms with E-state index < -0.39 is 0 Å². The van der Waals surface area contributed by atoms with Crippen LogP contribution in [0.25, 0.3) is 21.5 Å². The number of fused-ring (bicyclic) bond motifs is 1. The Morgan fingerprint density at radius 2 is 1.96 bits per heavy atom. The van der Waals surface area contributed by atoms with Crippen molar-refractivity contribution in [1.29, 1.82) is 0 Å². The number of methoxy groups -OCH3 is 1. The number of pyridine rings is 1. The number of hydrogen-bond acceptors (Lipinski definition) is 6. The molecule has 4 aromatic rings. The zero-order chi connectivity index (χ0) is 18.6. The van der Waals surface area contributed by atoms with E-state index in [0.717, 1.165) is 37.6 Å². The maximum absolute atomic E-state index is 6.58. The number of thiophene rings is 1. The quantitative estimate of drug-likeness (QED) is 0.390. The van der Waals surface area contributed by atoms with Crippen LogP contribution in [0.5, 0.6) is 0 Å². The highest BCUT2D eigenvalue weighted by Gasteiger charge is 2.16. The smallest absolute Gasteiger partial charge is 0.191 e. The minimum absolute atomic E-state index is 0.591. The highest BCUT2D eigenvalue weighted by atomic mass is 35.5. The molecule has 0 radical (unpaired) electrons. The van der Waals surface area contributed by atoms with Crippen LogP contribution in [0.4, 0.5) is 0 Å². The van der Waals surface area contributed by atoms with Gasteiger partial charge in [-0.15, -0.1) is 21.5 Å². The molecule has 0 fully saturated rings. The molecule has 0 spiro atoms. The second-order valence-electron chi connectivity index (χ2n) is 5.81. The molecule has 0 aliphatic heterocycles. The van der Waals surface area contributed by atoms with Crippen molar-refractivity contribution in [3.63, 3.8) is 0 Å². The summed E-state index contributed by atoms with van der Waals surface area (Å²) in [5.74, 6) is 1.57. The van der Waals surface area contributed by atoms with Crippen LogP contribution in [0.2, 0.25) is 5.02 Å². The van der Waals surface area contributed by atoms with Crippen LogP contribution >= 0.6 is 34.7 Å². The van der Waals surface area contributed by atoms with Crippen LogP contribution in [-0.2, 0) is 17.0 Å². The molecule has 3 aromatic heterocycles. The standard InChI is InChI=1S/C19H17ClN4OS2/c1-25-11-10-24-18(13-6-8-21-9-7-13)22-23-19(24)26-12-16-17(20)14-4-2-3-5-15(14)27-16/h2-9H,10-12H2,1H3. The van der Waals surface area contributed by atoms with E-state index in [0.29, 0.717) is 13.2 Å². The Morgan fingerprint density at radius 3 is 2.74 bits per heavy atom. The second kappa shape index (κ2) is 8.39. The fraction of sp³-hybridized carbons (Fsp3) is 0.211. The molecule has 0 unspecified atom stereocenters. The number of halogens is 1. The number of rotatable bonds is 7. The van der Waals surface area contributed by atoms with Crippen molar-refractivity contribution in [2.24, 2.45) is 0 Å². The van der Waals surface area contributed by atoms with Crippen LogP contribution in [0.3, 0.4) is 0 Å². The molecule has 0 atom stereocenters. The Balaban J connectivity index is 1.61. The lowest BCUT2D eigenvalue weighted by molar-refractivity contribution is 0.185.